The zero-order valence-corrected chi connectivity index (χ0v) is 39.8. The topological polar surface area (TPSA) is 0 Å². The van der Waals surface area contributed by atoms with Crippen molar-refractivity contribution in [2.24, 2.45) is 0 Å². The molecule has 0 aromatic heterocycles. The molecule has 0 saturated heterocycles. The van der Waals surface area contributed by atoms with Gasteiger partial charge in [-0.15, -0.1) is 0 Å². The molecule has 0 fully saturated rings. The summed E-state index contributed by atoms with van der Waals surface area (Å²) in [4.78, 5) is 0. The fourth-order valence-electron chi connectivity index (χ4n) is 9.15. The molecular weight excluding hydrogens is 823 g/mol. The Kier molecular flexibility index (Phi) is 12.8. The first-order valence-electron chi connectivity index (χ1n) is 20.4. The number of aryl methyl sites for hydroxylation is 4. The van der Waals surface area contributed by atoms with Crippen molar-refractivity contribution in [3.05, 3.63) is 198 Å². The molecule has 0 nitrogen and oxygen atoms in total. The quantitative estimate of drug-likeness (QED) is 0.157. The summed E-state index contributed by atoms with van der Waals surface area (Å²) >= 11 is -2.97. The maximum atomic E-state index is 2.67. The minimum Gasteiger partial charge on any atom is -1.00 e. The molecule has 58 heavy (non-hydrogen) atoms. The average Bonchev–Trinajstić information content (AvgIpc) is 3.80. The number of benzene rings is 6. The molecule has 0 saturated carbocycles. The van der Waals surface area contributed by atoms with Crippen molar-refractivity contribution in [2.45, 2.75) is 90.1 Å². The molecule has 8 rings (SSSR count). The maximum absolute atomic E-state index is 2.97. The zero-order chi connectivity index (χ0) is 39.5. The van der Waals surface area contributed by atoms with Gasteiger partial charge in [0.1, 0.15) is 0 Å². The Balaban J connectivity index is 0.00000283. The van der Waals surface area contributed by atoms with E-state index in [1.165, 1.54) is 89.0 Å². The second-order valence-electron chi connectivity index (χ2n) is 18.4. The summed E-state index contributed by atoms with van der Waals surface area (Å²) in [5.41, 5.74) is 22.2. The van der Waals surface area contributed by atoms with Crippen LogP contribution in [0.3, 0.4) is 0 Å². The predicted molar refractivity (Wildman–Crippen MR) is 239 cm³/mol. The van der Waals surface area contributed by atoms with Gasteiger partial charge in [0.2, 0.25) is 0 Å². The molecular formula is C55H56Cl2Zr. The van der Waals surface area contributed by atoms with Crippen LogP contribution in [0.15, 0.2) is 143 Å². The fraction of sp³-hybridized carbons (Fsp3) is 0.255. The predicted octanol–water partition coefficient (Wildman–Crippen LogP) is 8.66. The molecule has 0 amide bonds. The van der Waals surface area contributed by atoms with Crippen LogP contribution in [0.1, 0.15) is 107 Å². The third-order valence-electron chi connectivity index (χ3n) is 12.1. The fourth-order valence-corrected chi connectivity index (χ4v) is 18.1. The third-order valence-corrected chi connectivity index (χ3v) is 20.4. The largest absolute Gasteiger partial charge is 1.00 e. The van der Waals surface area contributed by atoms with E-state index in [4.69, 9.17) is 0 Å². The summed E-state index contributed by atoms with van der Waals surface area (Å²) in [6, 6.07) is 47.5. The van der Waals surface area contributed by atoms with E-state index in [0.29, 0.717) is 3.63 Å². The summed E-state index contributed by atoms with van der Waals surface area (Å²) in [6.45, 7) is 23.3. The van der Waals surface area contributed by atoms with E-state index in [2.05, 4.69) is 209 Å². The van der Waals surface area contributed by atoms with Crippen molar-refractivity contribution in [3.63, 3.8) is 0 Å². The van der Waals surface area contributed by atoms with Crippen molar-refractivity contribution in [2.75, 3.05) is 0 Å². The van der Waals surface area contributed by atoms with E-state index >= 15 is 0 Å². The van der Waals surface area contributed by atoms with Crippen LogP contribution in [0.25, 0.3) is 33.4 Å². The molecule has 6 aromatic carbocycles. The molecule has 0 aliphatic heterocycles. The first kappa shape index (κ1) is 43.7. The summed E-state index contributed by atoms with van der Waals surface area (Å²) in [7, 11) is 0. The Morgan fingerprint density at radius 1 is 0.500 bits per heavy atom. The molecule has 0 unspecified atom stereocenters. The molecule has 294 valence electrons. The van der Waals surface area contributed by atoms with Gasteiger partial charge in [-0.3, -0.25) is 0 Å². The number of rotatable bonds is 6. The van der Waals surface area contributed by atoms with Crippen molar-refractivity contribution >= 4 is 3.21 Å². The Hall–Kier alpha value is -3.87. The molecule has 0 bridgehead atoms. The Bertz CT molecular complexity index is 2430. The summed E-state index contributed by atoms with van der Waals surface area (Å²) in [5, 5.41) is 0. The van der Waals surface area contributed by atoms with Crippen LogP contribution in [-0.4, -0.2) is 3.21 Å². The number of halogens is 2. The third kappa shape index (κ3) is 8.17. The van der Waals surface area contributed by atoms with E-state index < -0.39 is 21.3 Å². The van der Waals surface area contributed by atoms with Crippen molar-refractivity contribution in [3.8, 4) is 33.4 Å². The second kappa shape index (κ2) is 17.0. The van der Waals surface area contributed by atoms with E-state index in [0.717, 1.165) is 6.42 Å². The van der Waals surface area contributed by atoms with Crippen LogP contribution >= 0.6 is 0 Å². The van der Waals surface area contributed by atoms with Crippen LogP contribution in [-0.2, 0) is 32.1 Å². The van der Waals surface area contributed by atoms with Gasteiger partial charge in [-0.1, -0.05) is 0 Å². The van der Waals surface area contributed by atoms with Gasteiger partial charge in [-0.05, 0) is 0 Å². The Labute approximate surface area is 368 Å². The molecule has 0 radical (unpaired) electrons. The smallest absolute Gasteiger partial charge is 1.00 e. The van der Waals surface area contributed by atoms with E-state index in [1.54, 1.807) is 6.49 Å². The van der Waals surface area contributed by atoms with Crippen molar-refractivity contribution in [1.29, 1.82) is 0 Å². The average molecular weight is 879 g/mol. The number of allylic oxidation sites excluding steroid dienone is 4. The van der Waals surface area contributed by atoms with Gasteiger partial charge in [-0.25, -0.2) is 0 Å². The molecule has 2 aliphatic rings. The summed E-state index contributed by atoms with van der Waals surface area (Å²) < 4.78 is 3.56. The SMILES string of the molecule is Cc1ccc([C](c2ccc(C)cc2)=[Zr+2]([C]2=CC=CC2)[CH]2c3cc(-c4ccccc4C)c(C(C)(C)C)cc3-c3cc(C(C)(C)C)c(-c4ccccc4C)cc32)cc1.[Cl-].[Cl-]. The van der Waals surface area contributed by atoms with Gasteiger partial charge in [0.25, 0.3) is 0 Å². The summed E-state index contributed by atoms with van der Waals surface area (Å²) in [6.07, 6.45) is 8.27. The molecule has 0 atom stereocenters. The minimum absolute atomic E-state index is 0. The van der Waals surface area contributed by atoms with Crippen LogP contribution in [0.5, 0.6) is 0 Å². The van der Waals surface area contributed by atoms with Crippen molar-refractivity contribution in [1.82, 2.24) is 0 Å². The number of hydrogen-bond donors (Lipinski definition) is 0. The number of fused-ring (bicyclic) bond motifs is 3. The minimum atomic E-state index is -2.97. The van der Waals surface area contributed by atoms with Crippen LogP contribution in [0.2, 0.25) is 0 Å². The van der Waals surface area contributed by atoms with Gasteiger partial charge in [0.15, 0.2) is 0 Å². The maximum Gasteiger partial charge on any atom is -1.00 e. The zero-order valence-electron chi connectivity index (χ0n) is 35.8. The standard InChI is InChI=1S/C35H37.C15H14.C5H5.2ClH.Zr/c1-22-13-9-11-15-26(22)30-18-24-17-25-19-31(27-16-12-10-14-23(27)2)33(35(6,7)8)21-29(25)28(24)20-32(30)34(3,4)5;1-12-3-7-14(8-4-12)11-15-9-5-13(2)6-10-15;1-2-4-5-3-1;;;/h9-21H,1-8H3;3-10H,1-2H3;1-3H,4H2;2*1H;/q;;;;;+2/p-2. The van der Waals surface area contributed by atoms with E-state index in [1.807, 2.05) is 0 Å². The van der Waals surface area contributed by atoms with Gasteiger partial charge >= 0.3 is 346 Å². The van der Waals surface area contributed by atoms with Crippen LogP contribution in [0, 0.1) is 27.7 Å². The first-order chi connectivity index (χ1) is 26.7. The van der Waals surface area contributed by atoms with Gasteiger partial charge in [0.05, 0.1) is 0 Å². The molecule has 0 heterocycles. The monoisotopic (exact) mass is 876 g/mol. The molecule has 2 aliphatic carbocycles. The Morgan fingerprint density at radius 3 is 1.28 bits per heavy atom. The van der Waals surface area contributed by atoms with Gasteiger partial charge in [0, 0.05) is 0 Å². The van der Waals surface area contributed by atoms with Gasteiger partial charge < -0.3 is 24.8 Å². The van der Waals surface area contributed by atoms with Crippen LogP contribution in [0.4, 0.5) is 0 Å². The Morgan fingerprint density at radius 2 is 0.914 bits per heavy atom. The van der Waals surface area contributed by atoms with Crippen LogP contribution < -0.4 is 24.8 Å². The molecule has 3 heteroatoms. The molecule has 0 N–H and O–H groups in total. The normalized spacial score (nSPS) is 13.2. The molecule has 0 spiro atoms. The van der Waals surface area contributed by atoms with E-state index in [9.17, 15) is 0 Å². The first-order valence-corrected chi connectivity index (χ1v) is 24.3. The summed E-state index contributed by atoms with van der Waals surface area (Å²) in [5.74, 6) is 0. The van der Waals surface area contributed by atoms with Gasteiger partial charge in [-0.2, -0.15) is 0 Å². The van der Waals surface area contributed by atoms with E-state index in [-0.39, 0.29) is 35.6 Å². The second-order valence-corrected chi connectivity index (χ2v) is 24.6. The van der Waals surface area contributed by atoms with Crippen molar-refractivity contribution < 1.29 is 46.1 Å². The number of hydrogen-bond acceptors (Lipinski definition) is 0. The molecule has 6 aromatic rings.